The summed E-state index contributed by atoms with van der Waals surface area (Å²) in [6.45, 7) is 2.27. The number of carbonyl (C=O) groups is 1. The molecule has 0 fully saturated rings. The number of unbranched alkanes of at least 4 members (excludes halogenated alkanes) is 11. The maximum atomic E-state index is 10.3. The lowest BCUT2D eigenvalue weighted by Gasteiger charge is -1.99. The van der Waals surface area contributed by atoms with Gasteiger partial charge in [0, 0.05) is 6.08 Å². The van der Waals surface area contributed by atoms with Crippen LogP contribution in [0.4, 0.5) is 0 Å². The number of rotatable bonds is 18. The smallest absolute Gasteiger partial charge is 0.328 e. The number of aliphatic carboxylic acids is 1. The van der Waals surface area contributed by atoms with Crippen molar-refractivity contribution in [1.82, 2.24) is 0 Å². The number of hydrogen-bond acceptors (Lipinski definition) is 1. The molecular formula is C25H40O2. The maximum Gasteiger partial charge on any atom is 0.328 e. The molecule has 0 aliphatic heterocycles. The Bertz CT molecular complexity index is 467. The average Bonchev–Trinajstić information content (AvgIpc) is 2.65. The molecule has 0 aromatic carbocycles. The zero-order chi connectivity index (χ0) is 19.8. The van der Waals surface area contributed by atoms with Crippen molar-refractivity contribution in [2.75, 3.05) is 0 Å². The second kappa shape index (κ2) is 22.2. The van der Waals surface area contributed by atoms with Gasteiger partial charge in [-0.25, -0.2) is 4.79 Å². The summed E-state index contributed by atoms with van der Waals surface area (Å²) in [5, 5.41) is 8.43. The molecule has 2 nitrogen and oxygen atoms in total. The SMILES string of the molecule is CCCCCCCCCC=CCCCCC/C=C\C=CC=CC=CC(=O)O. The van der Waals surface area contributed by atoms with Crippen molar-refractivity contribution in [1.29, 1.82) is 0 Å². The minimum Gasteiger partial charge on any atom is -0.478 e. The summed E-state index contributed by atoms with van der Waals surface area (Å²) in [4.78, 5) is 10.3. The Balaban J connectivity index is 3.35. The fourth-order valence-electron chi connectivity index (χ4n) is 2.73. The molecule has 152 valence electrons. The summed E-state index contributed by atoms with van der Waals surface area (Å²) in [6.07, 6.45) is 36.1. The van der Waals surface area contributed by atoms with Crippen LogP contribution in [0.15, 0.2) is 60.8 Å². The molecule has 2 heteroatoms. The van der Waals surface area contributed by atoms with E-state index < -0.39 is 5.97 Å². The van der Waals surface area contributed by atoms with Gasteiger partial charge in [0.25, 0.3) is 0 Å². The van der Waals surface area contributed by atoms with Crippen LogP contribution in [-0.4, -0.2) is 11.1 Å². The summed E-state index contributed by atoms with van der Waals surface area (Å²) in [5.74, 6) is -0.924. The van der Waals surface area contributed by atoms with Gasteiger partial charge < -0.3 is 5.11 Å². The van der Waals surface area contributed by atoms with E-state index in [9.17, 15) is 4.79 Å². The first-order valence-electron chi connectivity index (χ1n) is 10.8. The topological polar surface area (TPSA) is 37.3 Å². The molecule has 0 bridgehead atoms. The van der Waals surface area contributed by atoms with E-state index in [1.54, 1.807) is 6.08 Å². The van der Waals surface area contributed by atoms with Gasteiger partial charge in [0.2, 0.25) is 0 Å². The van der Waals surface area contributed by atoms with Crippen molar-refractivity contribution in [2.24, 2.45) is 0 Å². The predicted molar refractivity (Wildman–Crippen MR) is 119 cm³/mol. The van der Waals surface area contributed by atoms with Crippen LogP contribution in [0.3, 0.4) is 0 Å². The summed E-state index contributed by atoms with van der Waals surface area (Å²) in [7, 11) is 0. The standard InChI is InChI=1S/C25H40O2/c1-2-3-4-5-6-7-8-9-10-11-12-13-14-15-16-17-18-19-20-21-22-23-24-25(26)27/h10-11,17-24H,2-9,12-16H2,1H3,(H,26,27)/b11-10?,18-17-,20-19?,22-21?,24-23?. The summed E-state index contributed by atoms with van der Waals surface area (Å²) in [6, 6.07) is 0. The van der Waals surface area contributed by atoms with Crippen molar-refractivity contribution >= 4 is 5.97 Å². The molecule has 0 amide bonds. The molecule has 0 atom stereocenters. The monoisotopic (exact) mass is 372 g/mol. The lowest BCUT2D eigenvalue weighted by atomic mass is 10.1. The molecule has 1 N–H and O–H groups in total. The largest absolute Gasteiger partial charge is 0.478 e. The fourth-order valence-corrected chi connectivity index (χ4v) is 2.73. The molecule has 0 heterocycles. The van der Waals surface area contributed by atoms with E-state index in [0.717, 1.165) is 12.5 Å². The molecule has 0 saturated carbocycles. The molecule has 0 aromatic heterocycles. The molecule has 0 aromatic rings. The van der Waals surface area contributed by atoms with E-state index in [1.807, 2.05) is 24.3 Å². The van der Waals surface area contributed by atoms with Gasteiger partial charge in [0.15, 0.2) is 0 Å². The van der Waals surface area contributed by atoms with Crippen LogP contribution in [0.25, 0.3) is 0 Å². The van der Waals surface area contributed by atoms with Gasteiger partial charge in [0.1, 0.15) is 0 Å². The molecule has 0 rings (SSSR count). The first-order chi connectivity index (χ1) is 13.3. The van der Waals surface area contributed by atoms with Crippen LogP contribution in [0.2, 0.25) is 0 Å². The molecule has 0 aliphatic rings. The Hall–Kier alpha value is -1.83. The van der Waals surface area contributed by atoms with Gasteiger partial charge in [-0.15, -0.1) is 0 Å². The highest BCUT2D eigenvalue weighted by Gasteiger charge is 1.90. The van der Waals surface area contributed by atoms with Crippen molar-refractivity contribution in [3.05, 3.63) is 60.8 Å². The van der Waals surface area contributed by atoms with Crippen LogP contribution in [0.5, 0.6) is 0 Å². The average molecular weight is 373 g/mol. The molecule has 0 radical (unpaired) electrons. The Kier molecular flexibility index (Phi) is 20.7. The van der Waals surface area contributed by atoms with Gasteiger partial charge in [-0.2, -0.15) is 0 Å². The third-order valence-electron chi connectivity index (χ3n) is 4.31. The summed E-state index contributed by atoms with van der Waals surface area (Å²) in [5.41, 5.74) is 0. The number of hydrogen-bond donors (Lipinski definition) is 1. The van der Waals surface area contributed by atoms with Crippen molar-refractivity contribution in [3.63, 3.8) is 0 Å². The minimum atomic E-state index is -0.924. The Morgan fingerprint density at radius 2 is 1.04 bits per heavy atom. The van der Waals surface area contributed by atoms with Crippen molar-refractivity contribution in [2.45, 2.75) is 90.4 Å². The second-order valence-corrected chi connectivity index (χ2v) is 6.91. The zero-order valence-electron chi connectivity index (χ0n) is 17.3. The highest BCUT2D eigenvalue weighted by Crippen LogP contribution is 2.09. The lowest BCUT2D eigenvalue weighted by Crippen LogP contribution is -1.84. The molecule has 27 heavy (non-hydrogen) atoms. The van der Waals surface area contributed by atoms with E-state index in [2.05, 4.69) is 25.2 Å². The number of carboxylic acid groups (broad SMARTS) is 1. The summed E-state index contributed by atoms with van der Waals surface area (Å²) >= 11 is 0. The maximum absolute atomic E-state index is 10.3. The van der Waals surface area contributed by atoms with Crippen LogP contribution in [0, 0.1) is 0 Å². The first kappa shape index (κ1) is 25.2. The molecule has 0 aliphatic carbocycles. The number of allylic oxidation sites excluding steroid dienone is 9. The van der Waals surface area contributed by atoms with Gasteiger partial charge in [-0.3, -0.25) is 0 Å². The van der Waals surface area contributed by atoms with Gasteiger partial charge in [0.05, 0.1) is 0 Å². The van der Waals surface area contributed by atoms with Crippen molar-refractivity contribution in [3.8, 4) is 0 Å². The van der Waals surface area contributed by atoms with E-state index in [4.69, 9.17) is 5.11 Å². The van der Waals surface area contributed by atoms with E-state index in [1.165, 1.54) is 83.1 Å². The van der Waals surface area contributed by atoms with Crippen LogP contribution < -0.4 is 0 Å². The highest BCUT2D eigenvalue weighted by molar-refractivity contribution is 5.80. The quantitative estimate of drug-likeness (QED) is 0.115. The first-order valence-corrected chi connectivity index (χ1v) is 10.8. The highest BCUT2D eigenvalue weighted by atomic mass is 16.4. The fraction of sp³-hybridized carbons (Fsp3) is 0.560. The van der Waals surface area contributed by atoms with E-state index in [0.29, 0.717) is 0 Å². The minimum absolute atomic E-state index is 0.924. The summed E-state index contributed by atoms with van der Waals surface area (Å²) < 4.78 is 0. The van der Waals surface area contributed by atoms with Crippen molar-refractivity contribution < 1.29 is 9.90 Å². The lowest BCUT2D eigenvalue weighted by molar-refractivity contribution is -0.131. The molecule has 0 spiro atoms. The van der Waals surface area contributed by atoms with Gasteiger partial charge in [-0.1, -0.05) is 107 Å². The molecule has 0 saturated heterocycles. The Morgan fingerprint density at radius 3 is 1.63 bits per heavy atom. The third-order valence-corrected chi connectivity index (χ3v) is 4.31. The zero-order valence-corrected chi connectivity index (χ0v) is 17.3. The van der Waals surface area contributed by atoms with E-state index >= 15 is 0 Å². The predicted octanol–water partition coefficient (Wildman–Crippen LogP) is 7.94. The second-order valence-electron chi connectivity index (χ2n) is 6.91. The van der Waals surface area contributed by atoms with Gasteiger partial charge >= 0.3 is 5.97 Å². The van der Waals surface area contributed by atoms with Crippen LogP contribution >= 0.6 is 0 Å². The van der Waals surface area contributed by atoms with Gasteiger partial charge in [-0.05, 0) is 38.5 Å². The van der Waals surface area contributed by atoms with E-state index in [-0.39, 0.29) is 0 Å². The Labute approximate surface area is 167 Å². The van der Waals surface area contributed by atoms with Crippen LogP contribution in [0.1, 0.15) is 90.4 Å². The third kappa shape index (κ3) is 24.2. The molecular weight excluding hydrogens is 332 g/mol. The number of carboxylic acids is 1. The Morgan fingerprint density at radius 1 is 0.593 bits per heavy atom. The van der Waals surface area contributed by atoms with Crippen LogP contribution in [-0.2, 0) is 4.79 Å². The normalized spacial score (nSPS) is 12.6. The molecule has 0 unspecified atom stereocenters.